The molecule has 1 aromatic rings. The second-order valence-corrected chi connectivity index (χ2v) is 10.6. The van der Waals surface area contributed by atoms with Crippen LogP contribution >= 0.6 is 0 Å². The van der Waals surface area contributed by atoms with Gasteiger partial charge in [-0.25, -0.2) is 0 Å². The van der Waals surface area contributed by atoms with Crippen molar-refractivity contribution in [2.45, 2.75) is 90.1 Å². The van der Waals surface area contributed by atoms with Gasteiger partial charge in [-0.05, 0) is 55.7 Å². The summed E-state index contributed by atoms with van der Waals surface area (Å²) in [4.78, 5) is 0. The van der Waals surface area contributed by atoms with Gasteiger partial charge in [0.25, 0.3) is 0 Å². The fraction of sp³-hybridized carbons (Fsp3) is 0.760. The van der Waals surface area contributed by atoms with Crippen molar-refractivity contribution in [1.29, 1.82) is 0 Å². The van der Waals surface area contributed by atoms with Crippen molar-refractivity contribution >= 4 is 0 Å². The average Bonchev–Trinajstić information content (AvgIpc) is 3.04. The number of ether oxygens (including phenoxy) is 2. The molecule has 2 fully saturated rings. The van der Waals surface area contributed by atoms with E-state index in [4.69, 9.17) is 9.47 Å². The van der Waals surface area contributed by atoms with Crippen molar-refractivity contribution in [1.82, 2.24) is 5.32 Å². The van der Waals surface area contributed by atoms with E-state index in [2.05, 4.69) is 32.2 Å². The molecule has 2 aliphatic carbocycles. The third-order valence-electron chi connectivity index (χ3n) is 8.69. The number of hydrogen-bond donors (Lipinski definition) is 3. The maximum atomic E-state index is 11.7. The number of methoxy groups -OCH3 is 1. The van der Waals surface area contributed by atoms with Gasteiger partial charge in [0.1, 0.15) is 12.2 Å². The molecule has 1 saturated carbocycles. The van der Waals surface area contributed by atoms with E-state index in [1.807, 2.05) is 20.8 Å². The van der Waals surface area contributed by atoms with Gasteiger partial charge in [-0.2, -0.15) is 0 Å². The largest absolute Gasteiger partial charge is 0.504 e. The predicted octanol–water partition coefficient (Wildman–Crippen LogP) is 3.78. The fourth-order valence-corrected chi connectivity index (χ4v) is 6.80. The number of nitrogens with one attached hydrogen (secondary N) is 1. The van der Waals surface area contributed by atoms with Gasteiger partial charge >= 0.3 is 0 Å². The lowest BCUT2D eigenvalue weighted by Crippen LogP contribution is -2.71. The van der Waals surface area contributed by atoms with Crippen molar-refractivity contribution in [3.8, 4) is 11.5 Å². The SMILES string of the molecule is CC.COC1[C@@H]2Oc3c(O)ccc4c3C23CCNC(C4)C3C[C@@H]1C(C)(O)C(C)(C)C. The second kappa shape index (κ2) is 7.11. The van der Waals surface area contributed by atoms with E-state index in [1.165, 1.54) is 11.1 Å². The van der Waals surface area contributed by atoms with Gasteiger partial charge in [0.15, 0.2) is 11.5 Å². The van der Waals surface area contributed by atoms with Gasteiger partial charge in [-0.3, -0.25) is 0 Å². The van der Waals surface area contributed by atoms with E-state index in [0.29, 0.717) is 17.7 Å². The lowest BCUT2D eigenvalue weighted by molar-refractivity contribution is -0.198. The van der Waals surface area contributed by atoms with E-state index in [9.17, 15) is 10.2 Å². The first kappa shape index (κ1) is 21.9. The summed E-state index contributed by atoms with van der Waals surface area (Å²) in [6.45, 7) is 13.2. The summed E-state index contributed by atoms with van der Waals surface area (Å²) in [5.74, 6) is 1.21. The Labute approximate surface area is 181 Å². The number of hydrogen-bond acceptors (Lipinski definition) is 5. The van der Waals surface area contributed by atoms with Crippen molar-refractivity contribution < 1.29 is 19.7 Å². The molecule has 5 unspecified atom stereocenters. The molecule has 4 aliphatic rings. The minimum atomic E-state index is -0.899. The smallest absolute Gasteiger partial charge is 0.165 e. The molecule has 5 heteroatoms. The van der Waals surface area contributed by atoms with Gasteiger partial charge in [0.05, 0.1) is 5.60 Å². The lowest BCUT2D eigenvalue weighted by atomic mass is 9.47. The zero-order valence-electron chi connectivity index (χ0n) is 19.6. The third kappa shape index (κ3) is 2.64. The maximum absolute atomic E-state index is 11.7. The van der Waals surface area contributed by atoms with E-state index >= 15 is 0 Å². The summed E-state index contributed by atoms with van der Waals surface area (Å²) in [6.07, 6.45) is 2.43. The molecule has 1 spiro atoms. The quantitative estimate of drug-likeness (QED) is 0.683. The van der Waals surface area contributed by atoms with Gasteiger partial charge in [-0.1, -0.05) is 40.7 Å². The Morgan fingerprint density at radius 1 is 1.20 bits per heavy atom. The van der Waals surface area contributed by atoms with Crippen LogP contribution in [0.2, 0.25) is 0 Å². The molecule has 1 saturated heterocycles. The summed E-state index contributed by atoms with van der Waals surface area (Å²) < 4.78 is 12.6. The molecule has 0 aromatic heterocycles. The van der Waals surface area contributed by atoms with Gasteiger partial charge in [-0.15, -0.1) is 0 Å². The standard InChI is InChI=1S/C23H33NO4.C2H6/c1-21(2,3)22(4,26)14-11-13-15-10-12-6-7-16(25)19-17(12)23(13,8-9-24-15)20(28-19)18(14)27-5;1-2/h6-7,13-15,18,20,24-26H,8-11H2,1-5H3;1-2H3/t13?,14-,15?,18?,20-,22?,23?;/m0./s1. The molecular weight excluding hydrogens is 378 g/mol. The maximum Gasteiger partial charge on any atom is 0.165 e. The number of piperidine rings is 1. The lowest BCUT2D eigenvalue weighted by Gasteiger charge is -2.61. The summed E-state index contributed by atoms with van der Waals surface area (Å²) in [5.41, 5.74) is 1.19. The van der Waals surface area contributed by atoms with Gasteiger partial charge in [0.2, 0.25) is 0 Å². The molecule has 30 heavy (non-hydrogen) atoms. The molecule has 0 radical (unpaired) electrons. The Morgan fingerprint density at radius 3 is 2.53 bits per heavy atom. The van der Waals surface area contributed by atoms with E-state index in [0.717, 1.165) is 25.8 Å². The van der Waals surface area contributed by atoms with Crippen LogP contribution in [0.15, 0.2) is 12.1 Å². The van der Waals surface area contributed by atoms with Crippen LogP contribution in [0.5, 0.6) is 11.5 Å². The molecule has 168 valence electrons. The first-order valence-electron chi connectivity index (χ1n) is 11.6. The van der Waals surface area contributed by atoms with Gasteiger partial charge < -0.3 is 25.0 Å². The second-order valence-electron chi connectivity index (χ2n) is 10.6. The first-order valence-corrected chi connectivity index (χ1v) is 11.6. The minimum Gasteiger partial charge on any atom is -0.504 e. The number of benzene rings is 1. The molecular formula is C25H39NO4. The minimum absolute atomic E-state index is 0.0407. The van der Waals surface area contributed by atoms with Crippen LogP contribution in [0.1, 0.15) is 65.5 Å². The Bertz CT molecular complexity index is 814. The van der Waals surface area contributed by atoms with Crippen LogP contribution in [0.3, 0.4) is 0 Å². The molecule has 0 amide bonds. The van der Waals surface area contributed by atoms with Crippen molar-refractivity contribution in [2.24, 2.45) is 17.3 Å². The molecule has 1 aromatic carbocycles. The number of rotatable bonds is 2. The first-order chi connectivity index (χ1) is 14.1. The molecule has 7 atom stereocenters. The highest BCUT2D eigenvalue weighted by molar-refractivity contribution is 5.60. The Morgan fingerprint density at radius 2 is 1.90 bits per heavy atom. The highest BCUT2D eigenvalue weighted by atomic mass is 16.5. The average molecular weight is 418 g/mol. The Balaban J connectivity index is 0.00000106. The zero-order chi connectivity index (χ0) is 22.1. The third-order valence-corrected chi connectivity index (χ3v) is 8.69. The molecule has 5 nitrogen and oxygen atoms in total. The van der Waals surface area contributed by atoms with Crippen LogP contribution in [0.4, 0.5) is 0 Å². The van der Waals surface area contributed by atoms with E-state index in [-0.39, 0.29) is 34.7 Å². The van der Waals surface area contributed by atoms with E-state index < -0.39 is 5.60 Å². The molecule has 2 bridgehead atoms. The summed E-state index contributed by atoms with van der Waals surface area (Å²) in [7, 11) is 1.74. The number of aromatic hydroxyl groups is 1. The molecule has 5 rings (SSSR count). The normalized spacial score (nSPS) is 37.9. The predicted molar refractivity (Wildman–Crippen MR) is 118 cm³/mol. The summed E-state index contributed by atoms with van der Waals surface area (Å²) >= 11 is 0. The zero-order valence-corrected chi connectivity index (χ0v) is 19.6. The van der Waals surface area contributed by atoms with Crippen LogP contribution in [0, 0.1) is 17.3 Å². The molecule has 2 heterocycles. The molecule has 2 aliphatic heterocycles. The number of phenolic OH excluding ortho intramolecular Hbond substituents is 1. The fourth-order valence-electron chi connectivity index (χ4n) is 6.80. The number of aliphatic hydroxyl groups is 1. The van der Waals surface area contributed by atoms with Crippen LogP contribution in [0.25, 0.3) is 0 Å². The van der Waals surface area contributed by atoms with E-state index in [1.54, 1.807) is 13.2 Å². The van der Waals surface area contributed by atoms with Crippen LogP contribution < -0.4 is 10.1 Å². The monoisotopic (exact) mass is 417 g/mol. The Kier molecular flexibility index (Phi) is 5.19. The highest BCUT2D eigenvalue weighted by Gasteiger charge is 2.69. The van der Waals surface area contributed by atoms with Crippen LogP contribution in [-0.4, -0.2) is 47.7 Å². The summed E-state index contributed by atoms with van der Waals surface area (Å²) in [6, 6.07) is 4.21. The number of phenols is 1. The van der Waals surface area contributed by atoms with Gasteiger partial charge in [0, 0.05) is 30.0 Å². The summed E-state index contributed by atoms with van der Waals surface area (Å²) in [5, 5.41) is 26.0. The Hall–Kier alpha value is -1.30. The van der Waals surface area contributed by atoms with Crippen molar-refractivity contribution in [3.63, 3.8) is 0 Å². The molecule has 3 N–H and O–H groups in total. The topological polar surface area (TPSA) is 71.0 Å². The van der Waals surface area contributed by atoms with Crippen LogP contribution in [-0.2, 0) is 16.6 Å². The van der Waals surface area contributed by atoms with Crippen molar-refractivity contribution in [3.05, 3.63) is 23.3 Å². The van der Waals surface area contributed by atoms with Crippen molar-refractivity contribution in [2.75, 3.05) is 13.7 Å². The highest BCUT2D eigenvalue weighted by Crippen LogP contribution is 2.65.